The lowest BCUT2D eigenvalue weighted by Gasteiger charge is -2.27. The second-order valence-electron chi connectivity index (χ2n) is 5.05. The van der Waals surface area contributed by atoms with Crippen LogP contribution in [0.4, 0.5) is 0 Å². The molecule has 0 radical (unpaired) electrons. The highest BCUT2D eigenvalue weighted by Gasteiger charge is 2.20. The molecule has 1 aromatic heterocycles. The summed E-state index contributed by atoms with van der Waals surface area (Å²) in [5.74, 6) is 1.11. The SMILES string of the molecule is NCc1ccc(CC(=O)N2CCn3ccnc3C2)cc1. The van der Waals surface area contributed by atoms with Crippen molar-refractivity contribution in [3.05, 3.63) is 53.6 Å². The number of hydrogen-bond acceptors (Lipinski definition) is 3. The predicted molar refractivity (Wildman–Crippen MR) is 75.7 cm³/mol. The van der Waals surface area contributed by atoms with Gasteiger partial charge in [0.05, 0.1) is 13.0 Å². The van der Waals surface area contributed by atoms with E-state index in [4.69, 9.17) is 5.73 Å². The summed E-state index contributed by atoms with van der Waals surface area (Å²) in [4.78, 5) is 18.5. The van der Waals surface area contributed by atoms with Gasteiger partial charge in [0.2, 0.25) is 5.91 Å². The first-order valence-electron chi connectivity index (χ1n) is 6.82. The minimum Gasteiger partial charge on any atom is -0.333 e. The van der Waals surface area contributed by atoms with Gasteiger partial charge in [-0.05, 0) is 11.1 Å². The van der Waals surface area contributed by atoms with Crippen LogP contribution in [0.5, 0.6) is 0 Å². The zero-order chi connectivity index (χ0) is 13.9. The minimum atomic E-state index is 0.153. The maximum atomic E-state index is 12.3. The van der Waals surface area contributed by atoms with Crippen molar-refractivity contribution in [1.29, 1.82) is 0 Å². The van der Waals surface area contributed by atoms with Crippen molar-refractivity contribution in [3.63, 3.8) is 0 Å². The second-order valence-corrected chi connectivity index (χ2v) is 5.05. The van der Waals surface area contributed by atoms with Crippen molar-refractivity contribution in [1.82, 2.24) is 14.5 Å². The fourth-order valence-corrected chi connectivity index (χ4v) is 2.47. The van der Waals surface area contributed by atoms with Crippen LogP contribution in [0.25, 0.3) is 0 Å². The highest BCUT2D eigenvalue weighted by molar-refractivity contribution is 5.78. The monoisotopic (exact) mass is 270 g/mol. The summed E-state index contributed by atoms with van der Waals surface area (Å²) >= 11 is 0. The molecule has 0 atom stereocenters. The Balaban J connectivity index is 1.65. The lowest BCUT2D eigenvalue weighted by Crippen LogP contribution is -2.39. The highest BCUT2D eigenvalue weighted by atomic mass is 16.2. The molecule has 1 aromatic carbocycles. The molecule has 0 aliphatic carbocycles. The van der Waals surface area contributed by atoms with Crippen molar-refractivity contribution >= 4 is 5.91 Å². The number of nitrogens with zero attached hydrogens (tertiary/aromatic N) is 3. The predicted octanol–water partition coefficient (Wildman–Crippen LogP) is 0.927. The van der Waals surface area contributed by atoms with Crippen molar-refractivity contribution < 1.29 is 4.79 Å². The molecule has 104 valence electrons. The zero-order valence-corrected chi connectivity index (χ0v) is 11.3. The molecule has 3 rings (SSSR count). The Kier molecular flexibility index (Phi) is 3.52. The molecule has 0 spiro atoms. The molecular weight excluding hydrogens is 252 g/mol. The topological polar surface area (TPSA) is 64.2 Å². The molecule has 0 saturated heterocycles. The van der Waals surface area contributed by atoms with E-state index >= 15 is 0 Å². The number of fused-ring (bicyclic) bond motifs is 1. The molecule has 1 aliphatic heterocycles. The molecule has 0 unspecified atom stereocenters. The Bertz CT molecular complexity index is 603. The van der Waals surface area contributed by atoms with Crippen molar-refractivity contribution in [2.75, 3.05) is 6.54 Å². The molecular formula is C15H18N4O. The van der Waals surface area contributed by atoms with Gasteiger partial charge in [0, 0.05) is 32.0 Å². The third-order valence-electron chi connectivity index (χ3n) is 3.71. The molecule has 1 amide bonds. The van der Waals surface area contributed by atoms with Crippen LogP contribution < -0.4 is 5.73 Å². The molecule has 0 fully saturated rings. The van der Waals surface area contributed by atoms with E-state index in [0.29, 0.717) is 19.5 Å². The molecule has 2 aromatic rings. The average molecular weight is 270 g/mol. The average Bonchev–Trinajstić information content (AvgIpc) is 2.95. The molecule has 2 heterocycles. The van der Waals surface area contributed by atoms with Crippen molar-refractivity contribution in [2.24, 2.45) is 5.73 Å². The number of hydrogen-bond donors (Lipinski definition) is 1. The van der Waals surface area contributed by atoms with Gasteiger partial charge in [-0.3, -0.25) is 4.79 Å². The summed E-state index contributed by atoms with van der Waals surface area (Å²) in [5, 5.41) is 0. The Morgan fingerprint density at radius 1 is 1.20 bits per heavy atom. The van der Waals surface area contributed by atoms with E-state index in [1.165, 1.54) is 0 Å². The number of imidazole rings is 1. The Morgan fingerprint density at radius 3 is 2.70 bits per heavy atom. The molecule has 5 nitrogen and oxygen atoms in total. The third-order valence-corrected chi connectivity index (χ3v) is 3.71. The van der Waals surface area contributed by atoms with Crippen LogP contribution in [0.3, 0.4) is 0 Å². The van der Waals surface area contributed by atoms with Crippen LogP contribution in [-0.2, 0) is 30.8 Å². The molecule has 20 heavy (non-hydrogen) atoms. The van der Waals surface area contributed by atoms with Gasteiger partial charge in [-0.15, -0.1) is 0 Å². The zero-order valence-electron chi connectivity index (χ0n) is 11.3. The van der Waals surface area contributed by atoms with Crippen LogP contribution in [0.1, 0.15) is 17.0 Å². The Morgan fingerprint density at radius 2 is 1.95 bits per heavy atom. The van der Waals surface area contributed by atoms with Crippen molar-refractivity contribution in [3.8, 4) is 0 Å². The number of carbonyl (C=O) groups excluding carboxylic acids is 1. The minimum absolute atomic E-state index is 0.153. The second kappa shape index (κ2) is 5.46. The number of benzene rings is 1. The van der Waals surface area contributed by atoms with Gasteiger partial charge in [0.25, 0.3) is 0 Å². The molecule has 0 saturated carbocycles. The quantitative estimate of drug-likeness (QED) is 0.902. The smallest absolute Gasteiger partial charge is 0.227 e. The first-order valence-corrected chi connectivity index (χ1v) is 6.82. The first kappa shape index (κ1) is 12.9. The van der Waals surface area contributed by atoms with Crippen LogP contribution in [0, 0.1) is 0 Å². The molecule has 1 aliphatic rings. The van der Waals surface area contributed by atoms with E-state index in [2.05, 4.69) is 9.55 Å². The third kappa shape index (κ3) is 2.58. The number of amides is 1. The number of aromatic nitrogens is 2. The highest BCUT2D eigenvalue weighted by Crippen LogP contribution is 2.13. The van der Waals surface area contributed by atoms with Gasteiger partial charge in [0.15, 0.2) is 0 Å². The Hall–Kier alpha value is -2.14. The van der Waals surface area contributed by atoms with E-state index in [0.717, 1.165) is 30.0 Å². The summed E-state index contributed by atoms with van der Waals surface area (Å²) < 4.78 is 2.10. The van der Waals surface area contributed by atoms with Crippen LogP contribution in [-0.4, -0.2) is 26.9 Å². The Labute approximate surface area is 118 Å². The van der Waals surface area contributed by atoms with Crippen LogP contribution >= 0.6 is 0 Å². The van der Waals surface area contributed by atoms with E-state index in [9.17, 15) is 4.79 Å². The summed E-state index contributed by atoms with van der Waals surface area (Å²) in [6, 6.07) is 7.91. The number of carbonyl (C=O) groups is 1. The normalized spacial score (nSPS) is 14.2. The summed E-state index contributed by atoms with van der Waals surface area (Å²) in [6.45, 7) is 2.71. The van der Waals surface area contributed by atoms with Gasteiger partial charge in [0.1, 0.15) is 5.82 Å². The summed E-state index contributed by atoms with van der Waals surface area (Å²) in [5.41, 5.74) is 7.68. The lowest BCUT2D eigenvalue weighted by molar-refractivity contribution is -0.132. The standard InChI is InChI=1S/C15H18N4O/c16-10-13-3-1-12(2-4-13)9-15(20)19-8-7-18-6-5-17-14(18)11-19/h1-6H,7-11,16H2. The first-order chi connectivity index (χ1) is 9.76. The maximum Gasteiger partial charge on any atom is 0.227 e. The van der Waals surface area contributed by atoms with Crippen LogP contribution in [0.2, 0.25) is 0 Å². The maximum absolute atomic E-state index is 12.3. The van der Waals surface area contributed by atoms with Crippen molar-refractivity contribution in [2.45, 2.75) is 26.1 Å². The summed E-state index contributed by atoms with van der Waals surface area (Å²) in [6.07, 6.45) is 4.18. The largest absolute Gasteiger partial charge is 0.333 e. The fraction of sp³-hybridized carbons (Fsp3) is 0.333. The number of rotatable bonds is 3. The lowest BCUT2D eigenvalue weighted by atomic mass is 10.1. The fourth-order valence-electron chi connectivity index (χ4n) is 2.47. The van der Waals surface area contributed by atoms with E-state index in [1.54, 1.807) is 6.20 Å². The van der Waals surface area contributed by atoms with Gasteiger partial charge >= 0.3 is 0 Å². The van der Waals surface area contributed by atoms with E-state index in [1.807, 2.05) is 35.4 Å². The summed E-state index contributed by atoms with van der Waals surface area (Å²) in [7, 11) is 0. The molecule has 5 heteroatoms. The molecule has 0 bridgehead atoms. The molecule has 2 N–H and O–H groups in total. The van der Waals surface area contributed by atoms with Gasteiger partial charge in [-0.1, -0.05) is 24.3 Å². The van der Waals surface area contributed by atoms with Gasteiger partial charge < -0.3 is 15.2 Å². The van der Waals surface area contributed by atoms with Gasteiger partial charge in [-0.2, -0.15) is 0 Å². The van der Waals surface area contributed by atoms with Gasteiger partial charge in [-0.25, -0.2) is 4.98 Å². The van der Waals surface area contributed by atoms with E-state index in [-0.39, 0.29) is 5.91 Å². The van der Waals surface area contributed by atoms with Crippen LogP contribution in [0.15, 0.2) is 36.7 Å². The van der Waals surface area contributed by atoms with E-state index < -0.39 is 0 Å². The number of nitrogens with two attached hydrogens (primary N) is 1.